The van der Waals surface area contributed by atoms with E-state index in [4.69, 9.17) is 4.74 Å². The average Bonchev–Trinajstić information content (AvgIpc) is 3.07. The van der Waals surface area contributed by atoms with E-state index in [1.165, 1.54) is 11.8 Å². The third-order valence-electron chi connectivity index (χ3n) is 2.83. The van der Waals surface area contributed by atoms with Gasteiger partial charge in [-0.05, 0) is 17.8 Å². The van der Waals surface area contributed by atoms with Crippen LogP contribution in [-0.4, -0.2) is 39.6 Å². The quantitative estimate of drug-likeness (QED) is 0.531. The summed E-state index contributed by atoms with van der Waals surface area (Å²) >= 11 is 3.11. The van der Waals surface area contributed by atoms with Crippen LogP contribution in [0.2, 0.25) is 0 Å². The van der Waals surface area contributed by atoms with Crippen LogP contribution < -0.4 is 5.32 Å². The van der Waals surface area contributed by atoms with Crippen molar-refractivity contribution in [1.82, 2.24) is 24.7 Å². The van der Waals surface area contributed by atoms with E-state index in [-0.39, 0.29) is 0 Å². The number of hydrogen-bond donors (Lipinski definition) is 1. The molecule has 21 heavy (non-hydrogen) atoms. The van der Waals surface area contributed by atoms with Crippen LogP contribution in [-0.2, 0) is 11.3 Å². The van der Waals surface area contributed by atoms with E-state index in [9.17, 15) is 0 Å². The Morgan fingerprint density at radius 3 is 3.05 bits per heavy atom. The van der Waals surface area contributed by atoms with Crippen molar-refractivity contribution in [1.29, 1.82) is 0 Å². The maximum absolute atomic E-state index is 5.05. The lowest BCUT2D eigenvalue weighted by Gasteiger charge is -2.05. The topological polar surface area (TPSA) is 64.3 Å². The van der Waals surface area contributed by atoms with Gasteiger partial charge in [0, 0.05) is 44.2 Å². The molecule has 3 aromatic rings. The predicted octanol–water partition coefficient (Wildman–Crippen LogP) is 2.07. The number of nitrogens with zero attached hydrogens (tertiary/aromatic N) is 4. The molecule has 0 saturated heterocycles. The van der Waals surface area contributed by atoms with Crippen molar-refractivity contribution in [3.8, 4) is 0 Å². The highest BCUT2D eigenvalue weighted by Crippen LogP contribution is 2.29. The third-order valence-corrected chi connectivity index (χ3v) is 4.50. The molecule has 0 bridgehead atoms. The molecule has 1 N–H and O–H groups in total. The number of ether oxygens (including phenoxy) is 1. The average molecular weight is 321 g/mol. The molecule has 0 aliphatic heterocycles. The zero-order chi connectivity index (χ0) is 14.5. The number of fused-ring (bicyclic) bond motifs is 1. The minimum atomic E-state index is 0.690. The van der Waals surface area contributed by atoms with Crippen LogP contribution in [0, 0.1) is 0 Å². The van der Waals surface area contributed by atoms with Gasteiger partial charge in [0.05, 0.1) is 12.3 Å². The van der Waals surface area contributed by atoms with E-state index in [0.29, 0.717) is 11.8 Å². The van der Waals surface area contributed by atoms with Crippen molar-refractivity contribution >= 4 is 28.1 Å². The summed E-state index contributed by atoms with van der Waals surface area (Å²) in [5.41, 5.74) is 1.12. The molecule has 0 aromatic carbocycles. The van der Waals surface area contributed by atoms with E-state index in [2.05, 4.69) is 24.7 Å². The molecule has 0 aliphatic carbocycles. The molecule has 3 rings (SSSR count). The standard InChI is InChI=1S/C13H15N5OS2/c1-19-7-5-14-9-10-11(17-13-18(10)6-8-20-13)21-12-15-3-2-4-16-12/h2-4,6,8,14H,5,7,9H2,1H3. The molecule has 3 aromatic heterocycles. The molecule has 0 atom stereocenters. The first-order valence-corrected chi connectivity index (χ1v) is 8.17. The van der Waals surface area contributed by atoms with Crippen LogP contribution in [0.3, 0.4) is 0 Å². The predicted molar refractivity (Wildman–Crippen MR) is 82.8 cm³/mol. The summed E-state index contributed by atoms with van der Waals surface area (Å²) in [5, 5.41) is 7.05. The van der Waals surface area contributed by atoms with Gasteiger partial charge in [-0.2, -0.15) is 0 Å². The van der Waals surface area contributed by atoms with Gasteiger partial charge in [-0.1, -0.05) is 0 Å². The summed E-state index contributed by atoms with van der Waals surface area (Å²) in [5.74, 6) is 0. The summed E-state index contributed by atoms with van der Waals surface area (Å²) in [6.07, 6.45) is 5.52. The monoisotopic (exact) mass is 321 g/mol. The second kappa shape index (κ2) is 6.99. The molecule has 0 amide bonds. The second-order valence-electron chi connectivity index (χ2n) is 4.22. The Bertz CT molecular complexity index is 697. The van der Waals surface area contributed by atoms with Crippen molar-refractivity contribution in [3.05, 3.63) is 35.7 Å². The van der Waals surface area contributed by atoms with E-state index in [1.807, 2.05) is 17.6 Å². The van der Waals surface area contributed by atoms with Gasteiger partial charge in [0.2, 0.25) is 0 Å². The molecule has 8 heteroatoms. The number of methoxy groups -OCH3 is 1. The molecule has 0 saturated carbocycles. The Morgan fingerprint density at radius 1 is 1.38 bits per heavy atom. The van der Waals surface area contributed by atoms with Crippen molar-refractivity contribution < 1.29 is 4.74 Å². The van der Waals surface area contributed by atoms with Crippen molar-refractivity contribution in [3.63, 3.8) is 0 Å². The zero-order valence-electron chi connectivity index (χ0n) is 11.5. The number of imidazole rings is 1. The number of hydrogen-bond acceptors (Lipinski definition) is 7. The minimum absolute atomic E-state index is 0.690. The lowest BCUT2D eigenvalue weighted by atomic mass is 10.4. The lowest BCUT2D eigenvalue weighted by molar-refractivity contribution is 0.199. The molecule has 110 valence electrons. The number of thiazole rings is 1. The van der Waals surface area contributed by atoms with Crippen molar-refractivity contribution in [2.24, 2.45) is 0 Å². The van der Waals surface area contributed by atoms with Gasteiger partial charge in [-0.3, -0.25) is 4.40 Å². The molecular weight excluding hydrogens is 306 g/mol. The van der Waals surface area contributed by atoms with Gasteiger partial charge in [-0.25, -0.2) is 15.0 Å². The van der Waals surface area contributed by atoms with Gasteiger partial charge >= 0.3 is 0 Å². The zero-order valence-corrected chi connectivity index (χ0v) is 13.2. The first kappa shape index (κ1) is 14.5. The largest absolute Gasteiger partial charge is 0.383 e. The molecule has 3 heterocycles. The summed E-state index contributed by atoms with van der Waals surface area (Å²) in [6, 6.07) is 1.81. The highest BCUT2D eigenvalue weighted by Gasteiger charge is 2.15. The van der Waals surface area contributed by atoms with Gasteiger partial charge in [0.15, 0.2) is 10.1 Å². The minimum Gasteiger partial charge on any atom is -0.383 e. The van der Waals surface area contributed by atoms with Crippen LogP contribution in [0.25, 0.3) is 4.96 Å². The number of rotatable bonds is 7. The number of aromatic nitrogens is 4. The van der Waals surface area contributed by atoms with Crippen LogP contribution in [0.5, 0.6) is 0 Å². The summed E-state index contributed by atoms with van der Waals surface area (Å²) in [7, 11) is 1.70. The molecular formula is C13H15N5OS2. The fraction of sp³-hybridized carbons (Fsp3) is 0.308. The van der Waals surface area contributed by atoms with Crippen molar-refractivity contribution in [2.75, 3.05) is 20.3 Å². The fourth-order valence-electron chi connectivity index (χ4n) is 1.86. The Balaban J connectivity index is 1.81. The van der Waals surface area contributed by atoms with Gasteiger partial charge in [-0.15, -0.1) is 11.3 Å². The van der Waals surface area contributed by atoms with E-state index >= 15 is 0 Å². The van der Waals surface area contributed by atoms with Crippen LogP contribution in [0.1, 0.15) is 5.69 Å². The number of nitrogens with one attached hydrogen (secondary N) is 1. The van der Waals surface area contributed by atoms with E-state index < -0.39 is 0 Å². The molecule has 6 nitrogen and oxygen atoms in total. The normalized spacial score (nSPS) is 11.3. The second-order valence-corrected chi connectivity index (χ2v) is 6.05. The summed E-state index contributed by atoms with van der Waals surface area (Å²) in [4.78, 5) is 14.1. The van der Waals surface area contributed by atoms with Crippen LogP contribution >= 0.6 is 23.1 Å². The highest BCUT2D eigenvalue weighted by molar-refractivity contribution is 7.99. The van der Waals surface area contributed by atoms with Crippen LogP contribution in [0.4, 0.5) is 0 Å². The molecule has 0 aliphatic rings. The fourth-order valence-corrected chi connectivity index (χ4v) is 3.47. The van der Waals surface area contributed by atoms with E-state index in [0.717, 1.165) is 28.8 Å². The summed E-state index contributed by atoms with van der Waals surface area (Å²) < 4.78 is 7.16. The molecule has 0 spiro atoms. The van der Waals surface area contributed by atoms with Gasteiger partial charge in [0.1, 0.15) is 5.03 Å². The third kappa shape index (κ3) is 3.41. The lowest BCUT2D eigenvalue weighted by Crippen LogP contribution is -2.19. The first-order chi connectivity index (χ1) is 10.4. The smallest absolute Gasteiger partial charge is 0.194 e. The molecule has 0 unspecified atom stereocenters. The SMILES string of the molecule is COCCNCc1c(Sc2ncccn2)nc2sccn12. The maximum atomic E-state index is 5.05. The maximum Gasteiger partial charge on any atom is 0.194 e. The molecule has 0 fully saturated rings. The van der Waals surface area contributed by atoms with Crippen LogP contribution in [0.15, 0.2) is 40.2 Å². The Hall–Kier alpha value is -1.48. The Labute approximate surface area is 130 Å². The van der Waals surface area contributed by atoms with E-state index in [1.54, 1.807) is 30.8 Å². The Kier molecular flexibility index (Phi) is 4.81. The first-order valence-electron chi connectivity index (χ1n) is 6.47. The summed E-state index contributed by atoms with van der Waals surface area (Å²) in [6.45, 7) is 2.23. The van der Waals surface area contributed by atoms with Gasteiger partial charge < -0.3 is 10.1 Å². The van der Waals surface area contributed by atoms with Crippen molar-refractivity contribution in [2.45, 2.75) is 16.7 Å². The molecule has 0 radical (unpaired) electrons. The Morgan fingerprint density at radius 2 is 2.24 bits per heavy atom. The van der Waals surface area contributed by atoms with Gasteiger partial charge in [0.25, 0.3) is 0 Å². The highest BCUT2D eigenvalue weighted by atomic mass is 32.2.